The third-order valence-corrected chi connectivity index (χ3v) is 1.36. The summed E-state index contributed by atoms with van der Waals surface area (Å²) in [5.74, 6) is -0.777. The zero-order valence-corrected chi connectivity index (χ0v) is 6.33. The topological polar surface area (TPSA) is 38.3 Å². The molecule has 0 aliphatic carbocycles. The van der Waals surface area contributed by atoms with Gasteiger partial charge in [-0.2, -0.15) is 0 Å². The van der Waals surface area contributed by atoms with Gasteiger partial charge in [0.25, 0.3) is 0 Å². The SMILES string of the molecule is COC(=O)C1(F)CNC1.Cl. The van der Waals surface area contributed by atoms with Crippen molar-refractivity contribution in [1.29, 1.82) is 0 Å². The summed E-state index contributed by atoms with van der Waals surface area (Å²) in [5.41, 5.74) is -1.74. The number of alkyl halides is 1. The van der Waals surface area contributed by atoms with Crippen molar-refractivity contribution in [3.63, 3.8) is 0 Å². The van der Waals surface area contributed by atoms with Gasteiger partial charge in [0.1, 0.15) is 0 Å². The minimum Gasteiger partial charge on any atom is -0.467 e. The molecule has 5 heteroatoms. The number of hydrogen-bond acceptors (Lipinski definition) is 3. The number of hydrogen-bond donors (Lipinski definition) is 1. The van der Waals surface area contributed by atoms with Crippen LogP contribution in [0.2, 0.25) is 0 Å². The van der Waals surface area contributed by atoms with Crippen LogP contribution in [0.1, 0.15) is 0 Å². The maximum absolute atomic E-state index is 12.8. The Morgan fingerprint density at radius 2 is 2.20 bits per heavy atom. The van der Waals surface area contributed by atoms with E-state index >= 15 is 0 Å². The first-order valence-electron chi connectivity index (χ1n) is 2.67. The van der Waals surface area contributed by atoms with E-state index in [1.807, 2.05) is 0 Å². The van der Waals surface area contributed by atoms with Crippen molar-refractivity contribution in [2.75, 3.05) is 20.2 Å². The lowest BCUT2D eigenvalue weighted by molar-refractivity contribution is -0.158. The molecule has 10 heavy (non-hydrogen) atoms. The number of esters is 1. The van der Waals surface area contributed by atoms with Crippen LogP contribution in [-0.2, 0) is 9.53 Å². The van der Waals surface area contributed by atoms with Gasteiger partial charge in [-0.25, -0.2) is 9.18 Å². The van der Waals surface area contributed by atoms with Crippen molar-refractivity contribution in [3.05, 3.63) is 0 Å². The molecule has 1 aliphatic heterocycles. The van der Waals surface area contributed by atoms with Gasteiger partial charge in [0.05, 0.1) is 7.11 Å². The zero-order valence-electron chi connectivity index (χ0n) is 5.52. The monoisotopic (exact) mass is 169 g/mol. The number of ether oxygens (including phenoxy) is 1. The van der Waals surface area contributed by atoms with Crippen LogP contribution >= 0.6 is 12.4 Å². The van der Waals surface area contributed by atoms with Crippen molar-refractivity contribution in [2.45, 2.75) is 5.67 Å². The molecule has 0 spiro atoms. The van der Waals surface area contributed by atoms with Crippen LogP contribution in [0.3, 0.4) is 0 Å². The van der Waals surface area contributed by atoms with Gasteiger partial charge in [-0.05, 0) is 0 Å². The van der Waals surface area contributed by atoms with E-state index in [0.717, 1.165) is 0 Å². The van der Waals surface area contributed by atoms with Gasteiger partial charge in [0.15, 0.2) is 0 Å². The minimum atomic E-state index is -1.74. The summed E-state index contributed by atoms with van der Waals surface area (Å²) in [6.45, 7) is 0.166. The Morgan fingerprint density at radius 1 is 1.70 bits per heavy atom. The largest absolute Gasteiger partial charge is 0.467 e. The summed E-state index contributed by atoms with van der Waals surface area (Å²) in [4.78, 5) is 10.5. The highest BCUT2D eigenvalue weighted by atomic mass is 35.5. The average molecular weight is 170 g/mol. The van der Waals surface area contributed by atoms with Crippen LogP contribution in [0.5, 0.6) is 0 Å². The van der Waals surface area contributed by atoms with Crippen LogP contribution in [0.15, 0.2) is 0 Å². The Bertz CT molecular complexity index is 138. The summed E-state index contributed by atoms with van der Waals surface area (Å²) in [7, 11) is 1.18. The Morgan fingerprint density at radius 3 is 2.30 bits per heavy atom. The number of carbonyl (C=O) groups excluding carboxylic acids is 1. The minimum absolute atomic E-state index is 0. The van der Waals surface area contributed by atoms with Gasteiger partial charge in [0.2, 0.25) is 5.67 Å². The molecule has 0 aromatic heterocycles. The highest BCUT2D eigenvalue weighted by Gasteiger charge is 2.45. The number of halogens is 2. The van der Waals surface area contributed by atoms with Crippen molar-refractivity contribution < 1.29 is 13.9 Å². The van der Waals surface area contributed by atoms with Gasteiger partial charge in [0, 0.05) is 13.1 Å². The van der Waals surface area contributed by atoms with Crippen LogP contribution in [-0.4, -0.2) is 31.8 Å². The Kier molecular flexibility index (Phi) is 3.05. The quantitative estimate of drug-likeness (QED) is 0.557. The zero-order chi connectivity index (χ0) is 6.91. The van der Waals surface area contributed by atoms with Crippen molar-refractivity contribution >= 4 is 18.4 Å². The van der Waals surface area contributed by atoms with Gasteiger partial charge in [-0.15, -0.1) is 12.4 Å². The predicted octanol–water partition coefficient (Wildman–Crippen LogP) is -0.107. The second-order valence-corrected chi connectivity index (χ2v) is 2.06. The molecule has 1 heterocycles. The molecule has 0 amide bonds. The van der Waals surface area contributed by atoms with Gasteiger partial charge in [-0.1, -0.05) is 0 Å². The predicted molar refractivity (Wildman–Crippen MR) is 36.0 cm³/mol. The maximum Gasteiger partial charge on any atom is 0.346 e. The molecule has 0 bridgehead atoms. The number of methoxy groups -OCH3 is 1. The highest BCUT2D eigenvalue weighted by molar-refractivity contribution is 5.85. The molecule has 1 rings (SSSR count). The second kappa shape index (κ2) is 3.16. The molecule has 1 saturated heterocycles. The lowest BCUT2D eigenvalue weighted by Crippen LogP contribution is -2.61. The summed E-state index contributed by atoms with van der Waals surface area (Å²) < 4.78 is 17.0. The van der Waals surface area contributed by atoms with Crippen LogP contribution < -0.4 is 5.32 Å². The summed E-state index contributed by atoms with van der Waals surface area (Å²) in [5, 5.41) is 2.64. The van der Waals surface area contributed by atoms with E-state index in [2.05, 4.69) is 10.1 Å². The summed E-state index contributed by atoms with van der Waals surface area (Å²) in [6.07, 6.45) is 0. The number of nitrogens with one attached hydrogen (secondary N) is 1. The van der Waals surface area contributed by atoms with Crippen LogP contribution in [0.4, 0.5) is 4.39 Å². The Hall–Kier alpha value is -0.350. The Labute approximate surface area is 64.3 Å². The lowest BCUT2D eigenvalue weighted by Gasteiger charge is -2.31. The molecule has 60 valence electrons. The molecule has 3 nitrogen and oxygen atoms in total. The van der Waals surface area contributed by atoms with E-state index in [0.29, 0.717) is 0 Å². The third-order valence-electron chi connectivity index (χ3n) is 1.36. The standard InChI is InChI=1S/C5H8FNO2.ClH/c1-9-4(8)5(6)2-7-3-5;/h7H,2-3H2,1H3;1H. The van der Waals surface area contributed by atoms with Gasteiger partial charge >= 0.3 is 5.97 Å². The fraction of sp³-hybridized carbons (Fsp3) is 0.800. The first kappa shape index (κ1) is 9.65. The van der Waals surface area contributed by atoms with Crippen molar-refractivity contribution in [3.8, 4) is 0 Å². The van der Waals surface area contributed by atoms with E-state index < -0.39 is 11.6 Å². The fourth-order valence-corrected chi connectivity index (χ4v) is 0.672. The molecule has 1 N–H and O–H groups in total. The first-order valence-corrected chi connectivity index (χ1v) is 2.67. The lowest BCUT2D eigenvalue weighted by atomic mass is 10.0. The van der Waals surface area contributed by atoms with Gasteiger partial charge in [-0.3, -0.25) is 0 Å². The van der Waals surface area contributed by atoms with Crippen LogP contribution in [0, 0.1) is 0 Å². The normalized spacial score (nSPS) is 20.2. The fourth-order valence-electron chi connectivity index (χ4n) is 0.672. The third kappa shape index (κ3) is 1.38. The Balaban J connectivity index is 0.000000810. The molecule has 0 atom stereocenters. The second-order valence-electron chi connectivity index (χ2n) is 2.06. The molecule has 0 aromatic carbocycles. The van der Waals surface area contributed by atoms with E-state index in [1.54, 1.807) is 0 Å². The average Bonchev–Trinajstić information content (AvgIpc) is 1.81. The first-order chi connectivity index (χ1) is 4.19. The molecular formula is C5H9ClFNO2. The smallest absolute Gasteiger partial charge is 0.346 e. The number of carbonyl (C=O) groups is 1. The molecule has 0 saturated carbocycles. The van der Waals surface area contributed by atoms with Crippen LogP contribution in [0.25, 0.3) is 0 Å². The van der Waals surface area contributed by atoms with Gasteiger partial charge < -0.3 is 10.1 Å². The van der Waals surface area contributed by atoms with Crippen molar-refractivity contribution in [2.24, 2.45) is 0 Å². The highest BCUT2D eigenvalue weighted by Crippen LogP contribution is 2.17. The van der Waals surface area contributed by atoms with E-state index in [4.69, 9.17) is 0 Å². The molecule has 1 aliphatic rings. The molecule has 0 unspecified atom stereocenters. The number of rotatable bonds is 1. The molecule has 0 radical (unpaired) electrons. The molecular weight excluding hydrogens is 161 g/mol. The molecule has 1 fully saturated rings. The van der Waals surface area contributed by atoms with E-state index in [9.17, 15) is 9.18 Å². The summed E-state index contributed by atoms with van der Waals surface area (Å²) in [6, 6.07) is 0. The summed E-state index contributed by atoms with van der Waals surface area (Å²) >= 11 is 0. The van der Waals surface area contributed by atoms with E-state index in [1.165, 1.54) is 7.11 Å². The molecule has 0 aromatic rings. The van der Waals surface area contributed by atoms with E-state index in [-0.39, 0.29) is 25.5 Å². The maximum atomic E-state index is 12.8. The van der Waals surface area contributed by atoms with Crippen molar-refractivity contribution in [1.82, 2.24) is 5.32 Å².